The van der Waals surface area contributed by atoms with Crippen LogP contribution in [0, 0.1) is 11.8 Å². The van der Waals surface area contributed by atoms with Crippen LogP contribution >= 0.6 is 0 Å². The Labute approximate surface area is 680 Å². The van der Waals surface area contributed by atoms with Gasteiger partial charge in [-0.05, 0) is 97.7 Å². The quantitative estimate of drug-likeness (QED) is 0.00332. The van der Waals surface area contributed by atoms with Gasteiger partial charge in [0, 0.05) is 74.4 Å². The van der Waals surface area contributed by atoms with E-state index in [1.54, 1.807) is 10.9 Å². The van der Waals surface area contributed by atoms with Gasteiger partial charge in [-0.25, -0.2) is 29.7 Å². The number of carboxylic acid groups (broad SMARTS) is 5. The predicted molar refractivity (Wildman–Crippen MR) is 420 cm³/mol. The molecular weight excluding hydrogens is 1630 g/mol. The summed E-state index contributed by atoms with van der Waals surface area (Å²) in [5.74, 6) is -23.2. The van der Waals surface area contributed by atoms with E-state index in [0.29, 0.717) is 51.3 Å². The maximum absolute atomic E-state index is 13.9. The monoisotopic (exact) mass is 1710 g/mol. The van der Waals surface area contributed by atoms with Gasteiger partial charge in [-0.15, -0.1) is 0 Å². The standard InChI is InChI=1S/C73H84N16O29S2/c1-32(2)61(67(103)81-46(72(109)110)11-9-10-20-75-63(99)34-12-15-38(41(21-34)71(107)108)58-39-16-13-35(87(5)6)22-49(39)118-50-23-36(88(7)8)14-17-40(50)58)83-54(92)30-77-64(100)47(27-56(95)96)82-68(104)62(33(3)4)84-65(101)45(18-19-55(93)94)80-66(102)48(28-57(97)98)79-53(91)29-76-52(90)31-78-85-73(111)86-89-69(105)43-25-37(119(112,113)114)24-42-59(43)44(70(89)106)26-51(60(42)74)120(115,116)117/h12-17,21-26,31-33,45-48,61-62H,9-11,18-20,27-30H2,1-8H3,(H19-,74,75,76,77,79,80,81,82,83,84,85,86,90,91,92,93,94,95,96,97,98,99,100,101,102,103,104,105,106,107,108,109,110,111,112,113,114,115,116,117)/p+1/t45-,46-,47-,48-,61-,62-/m0/s1. The zero-order valence-corrected chi connectivity index (χ0v) is 66.6. The Kier molecular flexibility index (Phi) is 30.8. The van der Waals surface area contributed by atoms with Crippen molar-refractivity contribution in [1.29, 1.82) is 0 Å². The first kappa shape index (κ1) is 93.1. The fraction of sp³-hybridized carbons (Fsp3) is 0.356. The van der Waals surface area contributed by atoms with E-state index in [-0.39, 0.29) is 48.2 Å². The number of rotatable bonds is 40. The Hall–Kier alpha value is -14.1. The molecule has 1 aliphatic heterocycles. The second kappa shape index (κ2) is 39.7. The van der Waals surface area contributed by atoms with Gasteiger partial charge in [-0.1, -0.05) is 33.8 Å². The van der Waals surface area contributed by atoms with Crippen LogP contribution in [0.15, 0.2) is 92.1 Å². The molecule has 0 spiro atoms. The van der Waals surface area contributed by atoms with Crippen LogP contribution in [0.25, 0.3) is 43.8 Å². The number of nitrogens with zero attached hydrogens (tertiary/aromatic N) is 4. The molecular formula is C73H85N16O29S2+. The number of hydrazone groups is 1. The van der Waals surface area contributed by atoms with Gasteiger partial charge in [0.15, 0.2) is 0 Å². The van der Waals surface area contributed by atoms with Crippen LogP contribution in [-0.2, 0) is 77.8 Å². The number of unbranched alkanes of at least 4 members (excludes halogenated alkanes) is 1. The summed E-state index contributed by atoms with van der Waals surface area (Å²) in [6.45, 7) is 3.54. The molecule has 6 atom stereocenters. The third-order valence-electron chi connectivity index (χ3n) is 18.2. The molecule has 1 aliphatic rings. The number of anilines is 3. The SMILES string of the molecule is CC(C)[C@H](NC(=O)CNC(=O)[C@H](CC(=O)O)NC(=O)[C@@H](NC(=O)[C@H](CCC(=O)O)NC(=O)[C@H](CC(=O)O)NC(=O)CNC(=O)/C=N\NC(=O)NN1C(=O)c2cc(S(=O)(=O)O)cc3c(N)c(S(=O)(=O)O)cc(c23)C1=O)C(C)C)C(=O)N[C@@H](CCCCNC(=O)c1ccc(-c2c3ccc(N(C)C)cc3[o+]c3cc(N(C)C)ccc23)c(C(=O)O)c1)C(=O)O. The summed E-state index contributed by atoms with van der Waals surface area (Å²) in [7, 11) is -3.01. The van der Waals surface area contributed by atoms with E-state index < -0.39 is 245 Å². The number of fused-ring (bicyclic) bond motifs is 2. The van der Waals surface area contributed by atoms with Gasteiger partial charge < -0.3 is 88.9 Å². The second-order valence-corrected chi connectivity index (χ2v) is 30.9. The molecule has 5 aromatic carbocycles. The number of nitrogen functional groups attached to an aromatic ring is 1. The Bertz CT molecular complexity index is 5380. The van der Waals surface area contributed by atoms with E-state index in [1.807, 2.05) is 85.0 Å². The molecule has 0 bridgehead atoms. The number of benzene rings is 5. The molecule has 7 rings (SSSR count). The number of amides is 13. The van der Waals surface area contributed by atoms with Crippen LogP contribution in [0.3, 0.4) is 0 Å². The van der Waals surface area contributed by atoms with Crippen molar-refractivity contribution in [3.63, 3.8) is 0 Å². The van der Waals surface area contributed by atoms with E-state index in [4.69, 9.17) is 10.2 Å². The van der Waals surface area contributed by atoms with Crippen LogP contribution in [-0.4, -0.2) is 248 Å². The Balaban J connectivity index is 0.897. The molecule has 120 heavy (non-hydrogen) atoms. The van der Waals surface area contributed by atoms with Gasteiger partial charge in [0.05, 0.1) is 76.1 Å². The predicted octanol–water partition coefficient (Wildman–Crippen LogP) is -0.659. The number of carbonyl (C=O) groups is 17. The van der Waals surface area contributed by atoms with Crippen LogP contribution in [0.1, 0.15) is 114 Å². The van der Waals surface area contributed by atoms with Crippen molar-refractivity contribution >= 4 is 177 Å². The number of imide groups is 1. The van der Waals surface area contributed by atoms with Crippen molar-refractivity contribution in [3.8, 4) is 11.1 Å². The number of hydrazine groups is 1. The number of urea groups is 1. The van der Waals surface area contributed by atoms with Gasteiger partial charge in [0.25, 0.3) is 43.9 Å². The van der Waals surface area contributed by atoms with E-state index in [9.17, 15) is 133 Å². The summed E-state index contributed by atoms with van der Waals surface area (Å²) in [5.41, 5.74) is 10.2. The number of carboxylic acids is 5. The summed E-state index contributed by atoms with van der Waals surface area (Å²) in [6, 6.07) is 4.47. The van der Waals surface area contributed by atoms with E-state index >= 15 is 0 Å². The highest BCUT2D eigenvalue weighted by atomic mass is 32.2. The Morgan fingerprint density at radius 3 is 1.59 bits per heavy atom. The van der Waals surface area contributed by atoms with Crippen molar-refractivity contribution in [2.45, 2.75) is 119 Å². The molecule has 0 saturated carbocycles. The van der Waals surface area contributed by atoms with Gasteiger partial charge in [-0.2, -0.15) is 26.9 Å². The Morgan fingerprint density at radius 1 is 0.542 bits per heavy atom. The zero-order valence-electron chi connectivity index (χ0n) is 65.0. The summed E-state index contributed by atoms with van der Waals surface area (Å²) in [5, 5.41) is 72.8. The third-order valence-corrected chi connectivity index (χ3v) is 19.9. The van der Waals surface area contributed by atoms with Gasteiger partial charge in [0.1, 0.15) is 47.4 Å². The molecule has 2 heterocycles. The lowest BCUT2D eigenvalue weighted by atomic mass is 9.92. The van der Waals surface area contributed by atoms with E-state index in [0.717, 1.165) is 11.4 Å². The Morgan fingerprint density at radius 2 is 1.07 bits per heavy atom. The first-order valence-corrected chi connectivity index (χ1v) is 38.9. The molecule has 1 aromatic heterocycles. The molecule has 6 aromatic rings. The number of aromatic carboxylic acids is 1. The summed E-state index contributed by atoms with van der Waals surface area (Å²) < 4.78 is 74.4. The summed E-state index contributed by atoms with van der Waals surface area (Å²) in [6.07, 6.45) is -3.72. The lowest BCUT2D eigenvalue weighted by Gasteiger charge is -2.28. The van der Waals surface area contributed by atoms with E-state index in [2.05, 4.69) is 42.3 Å². The first-order valence-electron chi connectivity index (χ1n) is 36.0. The number of carbonyl (C=O) groups excluding carboxylic acids is 12. The van der Waals surface area contributed by atoms with Gasteiger partial charge >= 0.3 is 47.0 Å². The summed E-state index contributed by atoms with van der Waals surface area (Å²) >= 11 is 0. The topological polar surface area (TPSA) is 692 Å². The highest BCUT2D eigenvalue weighted by Gasteiger charge is 2.40. The average molecular weight is 1710 g/mol. The maximum atomic E-state index is 13.9. The fourth-order valence-corrected chi connectivity index (χ4v) is 13.4. The molecule has 0 aliphatic carbocycles. The molecule has 0 radical (unpaired) electrons. The maximum Gasteiger partial charge on any atom is 0.363 e. The zero-order chi connectivity index (χ0) is 89.4. The molecule has 0 unspecified atom stereocenters. The number of nitrogens with one attached hydrogen (secondary N) is 11. The largest absolute Gasteiger partial charge is 0.481 e. The van der Waals surface area contributed by atoms with Crippen molar-refractivity contribution in [3.05, 3.63) is 95.1 Å². The summed E-state index contributed by atoms with van der Waals surface area (Å²) in [4.78, 5) is 224. The highest BCUT2D eigenvalue weighted by Crippen LogP contribution is 2.42. The second-order valence-electron chi connectivity index (χ2n) is 28.1. The fourth-order valence-electron chi connectivity index (χ4n) is 12.2. The number of aliphatic carboxylic acids is 4. The molecule has 642 valence electrons. The minimum absolute atomic E-state index is 0.00916. The smallest absolute Gasteiger partial charge is 0.363 e. The van der Waals surface area contributed by atoms with Crippen molar-refractivity contribution in [2.24, 2.45) is 16.9 Å². The molecule has 0 saturated heterocycles. The van der Waals surface area contributed by atoms with Crippen LogP contribution < -0.4 is 74.2 Å². The minimum Gasteiger partial charge on any atom is -0.481 e. The number of hydrogen-bond acceptors (Lipinski definition) is 25. The van der Waals surface area contributed by atoms with Crippen molar-refractivity contribution < 1.29 is 137 Å². The van der Waals surface area contributed by atoms with Crippen LogP contribution in [0.2, 0.25) is 0 Å². The molecule has 47 heteroatoms. The first-order chi connectivity index (χ1) is 56.1. The third kappa shape index (κ3) is 24.0. The van der Waals surface area contributed by atoms with Crippen molar-refractivity contribution in [1.82, 2.24) is 63.7 Å². The number of hydrogen-bond donors (Lipinski definition) is 19. The normalized spacial score (nSPS) is 13.5. The minimum atomic E-state index is -5.27. The van der Waals surface area contributed by atoms with Gasteiger partial charge in [0.2, 0.25) is 41.4 Å². The molecule has 20 N–H and O–H groups in total. The molecule has 13 amide bonds. The average Bonchev–Trinajstić information content (AvgIpc) is 0.719. The molecule has 0 fully saturated rings. The van der Waals surface area contributed by atoms with Crippen molar-refractivity contribution in [2.75, 3.05) is 63.4 Å². The lowest BCUT2D eigenvalue weighted by Crippen LogP contribution is -2.60. The lowest BCUT2D eigenvalue weighted by molar-refractivity contribution is -0.143. The van der Waals surface area contributed by atoms with E-state index in [1.165, 1.54) is 45.9 Å². The number of nitrogens with two attached hydrogens (primary N) is 1. The van der Waals surface area contributed by atoms with Gasteiger partial charge in [-0.3, -0.25) is 76.2 Å². The van der Waals surface area contributed by atoms with Crippen LogP contribution in [0.5, 0.6) is 0 Å². The molecule has 45 nitrogen and oxygen atoms in total. The highest BCUT2D eigenvalue weighted by molar-refractivity contribution is 7.86. The van der Waals surface area contributed by atoms with Crippen LogP contribution in [0.4, 0.5) is 21.9 Å².